The minimum atomic E-state index is -0.612. The van der Waals surface area contributed by atoms with Crippen molar-refractivity contribution in [1.29, 1.82) is 0 Å². The van der Waals surface area contributed by atoms with Gasteiger partial charge in [0.05, 0.1) is 31.8 Å². The third-order valence-electron chi connectivity index (χ3n) is 2.76. The van der Waals surface area contributed by atoms with Crippen molar-refractivity contribution >= 4 is 52.6 Å². The molecule has 2 aromatic rings. The molecule has 1 N–H and O–H groups in total. The fourth-order valence-electron chi connectivity index (χ4n) is 1.64. The second kappa shape index (κ2) is 7.41. The summed E-state index contributed by atoms with van der Waals surface area (Å²) in [5.41, 5.74) is 2.63. The van der Waals surface area contributed by atoms with Gasteiger partial charge in [-0.2, -0.15) is 5.10 Å². The lowest BCUT2D eigenvalue weighted by Gasteiger charge is -2.03. The number of nitro benzene ring substituents is 1. The summed E-state index contributed by atoms with van der Waals surface area (Å²) in [6, 6.07) is 8.49. The van der Waals surface area contributed by atoms with E-state index in [1.807, 2.05) is 0 Å². The molecule has 6 nitrogen and oxygen atoms in total. The summed E-state index contributed by atoms with van der Waals surface area (Å²) in [5.74, 6) is -0.612. The maximum atomic E-state index is 12.0. The molecule has 0 saturated heterocycles. The molecule has 9 heteroatoms. The molecule has 0 aliphatic rings. The molecule has 0 aliphatic carbocycles. The van der Waals surface area contributed by atoms with Crippen molar-refractivity contribution in [3.63, 3.8) is 0 Å². The number of hydrogen-bond acceptors (Lipinski definition) is 4. The van der Waals surface area contributed by atoms with Gasteiger partial charge in [-0.25, -0.2) is 5.43 Å². The van der Waals surface area contributed by atoms with Crippen molar-refractivity contribution in [3.8, 4) is 0 Å². The lowest BCUT2D eigenvalue weighted by atomic mass is 10.2. The normalized spacial score (nSPS) is 10.7. The lowest BCUT2D eigenvalue weighted by molar-refractivity contribution is -0.384. The molecule has 0 fully saturated rings. The summed E-state index contributed by atoms with van der Waals surface area (Å²) in [5, 5.41) is 15.0. The Morgan fingerprint density at radius 1 is 1.17 bits per heavy atom. The Balaban J connectivity index is 2.12. The SMILES string of the molecule is O=C(N/N=C/c1cccc(Cl)c1Cl)c1ccc([N+](=O)[O-])cc1Cl. The number of hydrogen-bond donors (Lipinski definition) is 1. The van der Waals surface area contributed by atoms with Crippen molar-refractivity contribution in [2.24, 2.45) is 5.10 Å². The number of amides is 1. The van der Waals surface area contributed by atoms with Crippen molar-refractivity contribution < 1.29 is 9.72 Å². The second-order valence-corrected chi connectivity index (χ2v) is 5.46. The topological polar surface area (TPSA) is 84.6 Å². The van der Waals surface area contributed by atoms with Crippen molar-refractivity contribution in [2.45, 2.75) is 0 Å². The second-order valence-electron chi connectivity index (χ2n) is 4.26. The Bertz CT molecular complexity index is 809. The largest absolute Gasteiger partial charge is 0.272 e. The zero-order valence-corrected chi connectivity index (χ0v) is 13.6. The van der Waals surface area contributed by atoms with E-state index in [2.05, 4.69) is 10.5 Å². The van der Waals surface area contributed by atoms with Crippen LogP contribution in [0.2, 0.25) is 15.1 Å². The van der Waals surface area contributed by atoms with E-state index in [9.17, 15) is 14.9 Å². The minimum Gasteiger partial charge on any atom is -0.267 e. The average molecular weight is 373 g/mol. The number of hydrazone groups is 1. The summed E-state index contributed by atoms with van der Waals surface area (Å²) in [7, 11) is 0. The van der Waals surface area contributed by atoms with Crippen LogP contribution in [-0.2, 0) is 0 Å². The van der Waals surface area contributed by atoms with E-state index in [-0.39, 0.29) is 16.3 Å². The Hall–Kier alpha value is -2.15. The zero-order chi connectivity index (χ0) is 17.0. The van der Waals surface area contributed by atoms with Gasteiger partial charge in [0.2, 0.25) is 0 Å². The third kappa shape index (κ3) is 4.19. The Kier molecular flexibility index (Phi) is 5.54. The molecule has 0 heterocycles. The van der Waals surface area contributed by atoms with E-state index >= 15 is 0 Å². The molecule has 0 bridgehead atoms. The first kappa shape index (κ1) is 17.2. The molecule has 0 atom stereocenters. The maximum absolute atomic E-state index is 12.0. The average Bonchev–Trinajstić information content (AvgIpc) is 2.51. The van der Waals surface area contributed by atoms with Gasteiger partial charge in [-0.15, -0.1) is 0 Å². The fraction of sp³-hybridized carbons (Fsp3) is 0. The van der Waals surface area contributed by atoms with Crippen LogP contribution < -0.4 is 5.43 Å². The Labute approximate surface area is 145 Å². The Morgan fingerprint density at radius 3 is 2.57 bits per heavy atom. The summed E-state index contributed by atoms with van der Waals surface area (Å²) in [6.45, 7) is 0. The quantitative estimate of drug-likeness (QED) is 0.493. The van der Waals surface area contributed by atoms with E-state index in [4.69, 9.17) is 34.8 Å². The van der Waals surface area contributed by atoms with Crippen molar-refractivity contribution in [2.75, 3.05) is 0 Å². The van der Waals surface area contributed by atoms with Crippen LogP contribution in [-0.4, -0.2) is 17.0 Å². The van der Waals surface area contributed by atoms with E-state index in [0.29, 0.717) is 15.6 Å². The number of carbonyl (C=O) groups excluding carboxylic acids is 1. The molecular formula is C14H8Cl3N3O3. The van der Waals surface area contributed by atoms with Gasteiger partial charge in [-0.1, -0.05) is 46.9 Å². The number of benzene rings is 2. The molecule has 0 spiro atoms. The minimum absolute atomic E-state index is 0.0484. The van der Waals surface area contributed by atoms with Crippen LogP contribution in [0.1, 0.15) is 15.9 Å². The van der Waals surface area contributed by atoms with Gasteiger partial charge in [0.15, 0.2) is 0 Å². The molecule has 0 aromatic heterocycles. The molecule has 0 unspecified atom stereocenters. The van der Waals surface area contributed by atoms with Crippen LogP contribution in [0.15, 0.2) is 41.5 Å². The molecule has 118 valence electrons. The highest BCUT2D eigenvalue weighted by Gasteiger charge is 2.14. The third-order valence-corrected chi connectivity index (χ3v) is 3.91. The Morgan fingerprint density at radius 2 is 1.91 bits per heavy atom. The standard InChI is InChI=1S/C14H8Cl3N3O3/c15-11-3-1-2-8(13(11)17)7-18-19-14(21)10-5-4-9(20(22)23)6-12(10)16/h1-7H,(H,19,21)/b18-7+. The fourth-order valence-corrected chi connectivity index (χ4v) is 2.26. The van der Waals surface area contributed by atoms with Crippen LogP contribution in [0.5, 0.6) is 0 Å². The van der Waals surface area contributed by atoms with Gasteiger partial charge in [-0.05, 0) is 12.1 Å². The van der Waals surface area contributed by atoms with E-state index < -0.39 is 10.8 Å². The van der Waals surface area contributed by atoms with Crippen molar-refractivity contribution in [1.82, 2.24) is 5.43 Å². The maximum Gasteiger partial charge on any atom is 0.272 e. The van der Waals surface area contributed by atoms with Gasteiger partial charge in [0.1, 0.15) is 0 Å². The number of carbonyl (C=O) groups is 1. The van der Waals surface area contributed by atoms with E-state index in [1.54, 1.807) is 18.2 Å². The summed E-state index contributed by atoms with van der Waals surface area (Å²) in [4.78, 5) is 22.0. The van der Waals surface area contributed by atoms with Crippen LogP contribution in [0.3, 0.4) is 0 Å². The summed E-state index contributed by atoms with van der Waals surface area (Å²) in [6.07, 6.45) is 1.32. The number of nitrogens with zero attached hydrogens (tertiary/aromatic N) is 2. The molecule has 1 amide bonds. The lowest BCUT2D eigenvalue weighted by Crippen LogP contribution is -2.18. The van der Waals surface area contributed by atoms with E-state index in [0.717, 1.165) is 6.07 Å². The first-order valence-corrected chi connectivity index (χ1v) is 7.25. The molecule has 23 heavy (non-hydrogen) atoms. The number of nitro groups is 1. The first-order valence-electron chi connectivity index (χ1n) is 6.11. The molecule has 2 aromatic carbocycles. The predicted octanol–water partition coefficient (Wildman–Crippen LogP) is 4.32. The van der Waals surface area contributed by atoms with Gasteiger partial charge < -0.3 is 0 Å². The van der Waals surface area contributed by atoms with Gasteiger partial charge in [0.25, 0.3) is 11.6 Å². The van der Waals surface area contributed by atoms with E-state index in [1.165, 1.54) is 18.3 Å². The van der Waals surface area contributed by atoms with Gasteiger partial charge in [0, 0.05) is 17.7 Å². The monoisotopic (exact) mass is 371 g/mol. The highest BCUT2D eigenvalue weighted by Crippen LogP contribution is 2.24. The van der Waals surface area contributed by atoms with Crippen LogP contribution in [0.25, 0.3) is 0 Å². The highest BCUT2D eigenvalue weighted by molar-refractivity contribution is 6.43. The number of non-ortho nitro benzene ring substituents is 1. The number of rotatable bonds is 4. The van der Waals surface area contributed by atoms with Gasteiger partial charge in [-0.3, -0.25) is 14.9 Å². The molecule has 0 radical (unpaired) electrons. The van der Waals surface area contributed by atoms with Gasteiger partial charge >= 0.3 is 0 Å². The first-order chi connectivity index (χ1) is 10.9. The molecule has 0 aliphatic heterocycles. The smallest absolute Gasteiger partial charge is 0.267 e. The predicted molar refractivity (Wildman–Crippen MR) is 89.6 cm³/mol. The summed E-state index contributed by atoms with van der Waals surface area (Å²) >= 11 is 17.7. The number of halogens is 3. The molecule has 0 saturated carbocycles. The zero-order valence-electron chi connectivity index (χ0n) is 11.3. The van der Waals surface area contributed by atoms with Crippen LogP contribution >= 0.6 is 34.8 Å². The molecule has 2 rings (SSSR count). The highest BCUT2D eigenvalue weighted by atomic mass is 35.5. The number of nitrogens with one attached hydrogen (secondary N) is 1. The van der Waals surface area contributed by atoms with Crippen LogP contribution in [0.4, 0.5) is 5.69 Å². The van der Waals surface area contributed by atoms with Crippen molar-refractivity contribution in [3.05, 3.63) is 72.7 Å². The molecular weight excluding hydrogens is 365 g/mol. The summed E-state index contributed by atoms with van der Waals surface area (Å²) < 4.78 is 0. The van der Waals surface area contributed by atoms with Crippen LogP contribution in [0, 0.1) is 10.1 Å².